The topological polar surface area (TPSA) is 100 Å². The van der Waals surface area contributed by atoms with E-state index in [9.17, 15) is 17.8 Å². The summed E-state index contributed by atoms with van der Waals surface area (Å²) in [5, 5.41) is -1.26. The van der Waals surface area contributed by atoms with E-state index in [1.807, 2.05) is 0 Å². The molecule has 0 aliphatic carbocycles. The SMILES string of the molecule is CCCCCCCCCCCC(=O)CC(CN)S(=O)(=O)[O-].[Na+]. The van der Waals surface area contributed by atoms with Crippen LogP contribution < -0.4 is 35.3 Å². The van der Waals surface area contributed by atoms with E-state index in [1.165, 1.54) is 38.5 Å². The van der Waals surface area contributed by atoms with Gasteiger partial charge in [0.15, 0.2) is 0 Å². The molecule has 0 saturated carbocycles. The van der Waals surface area contributed by atoms with Crippen molar-refractivity contribution in [1.82, 2.24) is 0 Å². The molecule has 1 atom stereocenters. The first kappa shape index (κ1) is 24.8. The van der Waals surface area contributed by atoms with Gasteiger partial charge in [-0.15, -0.1) is 0 Å². The summed E-state index contributed by atoms with van der Waals surface area (Å²) in [5.74, 6) is -0.173. The molecule has 1 unspecified atom stereocenters. The molecule has 0 bridgehead atoms. The molecule has 7 heteroatoms. The Bertz CT molecular complexity index is 374. The monoisotopic (exact) mass is 343 g/mol. The third-order valence-electron chi connectivity index (χ3n) is 3.69. The molecule has 0 saturated heterocycles. The largest absolute Gasteiger partial charge is 1.00 e. The van der Waals surface area contributed by atoms with Crippen molar-refractivity contribution in [2.45, 2.75) is 82.8 Å². The van der Waals surface area contributed by atoms with Gasteiger partial charge in [0.1, 0.15) is 5.78 Å². The summed E-state index contributed by atoms with van der Waals surface area (Å²) in [5.41, 5.74) is 5.22. The summed E-state index contributed by atoms with van der Waals surface area (Å²) in [6.45, 7) is 1.92. The molecule has 0 aliphatic rings. The van der Waals surface area contributed by atoms with E-state index < -0.39 is 15.4 Å². The fourth-order valence-corrected chi connectivity index (χ4v) is 2.92. The van der Waals surface area contributed by atoms with Crippen molar-refractivity contribution in [3.63, 3.8) is 0 Å². The van der Waals surface area contributed by atoms with E-state index in [0.29, 0.717) is 6.42 Å². The van der Waals surface area contributed by atoms with Crippen molar-refractivity contribution in [3.8, 4) is 0 Å². The fraction of sp³-hybridized carbons (Fsp3) is 0.933. The molecule has 5 nitrogen and oxygen atoms in total. The minimum Gasteiger partial charge on any atom is -0.748 e. The van der Waals surface area contributed by atoms with Crippen molar-refractivity contribution in [2.75, 3.05) is 6.54 Å². The molecule has 2 N–H and O–H groups in total. The van der Waals surface area contributed by atoms with Crippen LogP contribution in [0.4, 0.5) is 0 Å². The van der Waals surface area contributed by atoms with Gasteiger partial charge in [-0.3, -0.25) is 4.79 Å². The van der Waals surface area contributed by atoms with Gasteiger partial charge in [0, 0.05) is 19.4 Å². The number of hydrogen-bond acceptors (Lipinski definition) is 5. The minimum absolute atomic E-state index is 0. The van der Waals surface area contributed by atoms with Crippen LogP contribution in [0.5, 0.6) is 0 Å². The number of carbonyl (C=O) groups excluding carboxylic acids is 1. The number of carbonyl (C=O) groups is 1. The fourth-order valence-electron chi connectivity index (χ4n) is 2.29. The van der Waals surface area contributed by atoms with E-state index in [4.69, 9.17) is 5.73 Å². The van der Waals surface area contributed by atoms with E-state index in [1.54, 1.807) is 0 Å². The standard InChI is InChI=1S/C15H31NO4S.Na/c1-2-3-4-5-6-7-8-9-10-11-14(17)12-15(13-16)21(18,19)20;/h15H,2-13,16H2,1H3,(H,18,19,20);/q;+1/p-1. The predicted octanol–water partition coefficient (Wildman–Crippen LogP) is -0.257. The number of unbranched alkanes of at least 4 members (excludes halogenated alkanes) is 8. The molecule has 0 fully saturated rings. The second-order valence-electron chi connectivity index (χ2n) is 5.67. The van der Waals surface area contributed by atoms with E-state index in [-0.39, 0.29) is 48.3 Å². The smallest absolute Gasteiger partial charge is 0.748 e. The summed E-state index contributed by atoms with van der Waals surface area (Å²) in [7, 11) is -4.46. The van der Waals surface area contributed by atoms with Crippen LogP contribution in [0.3, 0.4) is 0 Å². The summed E-state index contributed by atoms with van der Waals surface area (Å²) >= 11 is 0. The zero-order valence-electron chi connectivity index (χ0n) is 14.2. The third-order valence-corrected chi connectivity index (χ3v) is 4.86. The van der Waals surface area contributed by atoms with Gasteiger partial charge in [-0.1, -0.05) is 58.3 Å². The quantitative estimate of drug-likeness (QED) is 0.266. The van der Waals surface area contributed by atoms with Gasteiger partial charge >= 0.3 is 29.6 Å². The molecular weight excluding hydrogens is 313 g/mol. The van der Waals surface area contributed by atoms with E-state index in [2.05, 4.69) is 6.92 Å². The normalized spacial score (nSPS) is 12.7. The molecule has 0 aliphatic heterocycles. The Kier molecular flexibility index (Phi) is 17.0. The first-order chi connectivity index (χ1) is 9.91. The van der Waals surface area contributed by atoms with Crippen molar-refractivity contribution >= 4 is 15.9 Å². The molecule has 0 rings (SSSR count). The van der Waals surface area contributed by atoms with Crippen molar-refractivity contribution in [2.24, 2.45) is 5.73 Å². The van der Waals surface area contributed by atoms with Gasteiger partial charge in [-0.2, -0.15) is 0 Å². The Balaban J connectivity index is 0. The van der Waals surface area contributed by atoms with Crippen molar-refractivity contribution in [3.05, 3.63) is 0 Å². The van der Waals surface area contributed by atoms with Crippen LogP contribution in [-0.4, -0.2) is 30.5 Å². The second-order valence-corrected chi connectivity index (χ2v) is 7.32. The molecule has 22 heavy (non-hydrogen) atoms. The number of rotatable bonds is 14. The molecular formula is C15H30NNaO4S. The maximum atomic E-state index is 11.6. The Morgan fingerprint density at radius 1 is 1.00 bits per heavy atom. The van der Waals surface area contributed by atoms with Gasteiger partial charge in [0.2, 0.25) is 0 Å². The van der Waals surface area contributed by atoms with Crippen LogP contribution >= 0.6 is 0 Å². The Hall–Kier alpha value is 0.540. The molecule has 126 valence electrons. The number of Topliss-reactive ketones (excluding diaryl/α,β-unsaturated/α-hetero) is 1. The Morgan fingerprint density at radius 2 is 1.45 bits per heavy atom. The zero-order chi connectivity index (χ0) is 16.1. The molecule has 0 aromatic carbocycles. The number of ketones is 1. The molecule has 0 spiro atoms. The summed E-state index contributed by atoms with van der Waals surface area (Å²) in [6, 6.07) is 0. The van der Waals surface area contributed by atoms with Gasteiger partial charge in [-0.05, 0) is 6.42 Å². The van der Waals surface area contributed by atoms with Crippen LogP contribution in [0.2, 0.25) is 0 Å². The van der Waals surface area contributed by atoms with Crippen LogP contribution in [0.15, 0.2) is 0 Å². The molecule has 0 amide bonds. The third kappa shape index (κ3) is 14.2. The summed E-state index contributed by atoms with van der Waals surface area (Å²) in [4.78, 5) is 11.6. The maximum Gasteiger partial charge on any atom is 1.00 e. The van der Waals surface area contributed by atoms with Crippen LogP contribution in [0.25, 0.3) is 0 Å². The molecule has 0 radical (unpaired) electrons. The maximum absolute atomic E-state index is 11.6. The van der Waals surface area contributed by atoms with Gasteiger partial charge in [-0.25, -0.2) is 8.42 Å². The molecule has 0 aromatic heterocycles. The van der Waals surface area contributed by atoms with Crippen LogP contribution in [0.1, 0.15) is 77.6 Å². The second kappa shape index (κ2) is 15.1. The van der Waals surface area contributed by atoms with Crippen LogP contribution in [0, 0.1) is 0 Å². The van der Waals surface area contributed by atoms with Crippen LogP contribution in [-0.2, 0) is 14.9 Å². The Morgan fingerprint density at radius 3 is 1.86 bits per heavy atom. The zero-order valence-corrected chi connectivity index (χ0v) is 17.0. The predicted molar refractivity (Wildman–Crippen MR) is 84.0 cm³/mol. The first-order valence-electron chi connectivity index (χ1n) is 8.08. The molecule has 0 aromatic rings. The van der Waals surface area contributed by atoms with E-state index >= 15 is 0 Å². The van der Waals surface area contributed by atoms with Gasteiger partial charge < -0.3 is 10.3 Å². The van der Waals surface area contributed by atoms with E-state index in [0.717, 1.165) is 19.3 Å². The van der Waals surface area contributed by atoms with Gasteiger partial charge in [0.25, 0.3) is 0 Å². The van der Waals surface area contributed by atoms with Crippen molar-refractivity contribution < 1.29 is 47.3 Å². The summed E-state index contributed by atoms with van der Waals surface area (Å²) < 4.78 is 32.5. The van der Waals surface area contributed by atoms with Crippen molar-refractivity contribution in [1.29, 1.82) is 0 Å². The Labute approximate surface area is 157 Å². The number of hydrogen-bond donors (Lipinski definition) is 1. The minimum atomic E-state index is -4.46. The number of nitrogens with two attached hydrogens (primary N) is 1. The first-order valence-corrected chi connectivity index (χ1v) is 9.55. The summed E-state index contributed by atoms with van der Waals surface area (Å²) in [6.07, 6.45) is 10.6. The average Bonchev–Trinajstić information content (AvgIpc) is 2.41. The van der Waals surface area contributed by atoms with Gasteiger partial charge in [0.05, 0.1) is 15.4 Å². The average molecular weight is 343 g/mol. The molecule has 0 heterocycles.